The van der Waals surface area contributed by atoms with Crippen molar-refractivity contribution in [3.63, 3.8) is 0 Å². The van der Waals surface area contributed by atoms with Crippen LogP contribution in [-0.4, -0.2) is 25.6 Å². The zero-order valence-electron chi connectivity index (χ0n) is 12.7. The second-order valence-corrected chi connectivity index (χ2v) is 6.16. The first-order chi connectivity index (χ1) is 11.8. The molecule has 3 rings (SSSR count). The molecule has 0 amide bonds. The summed E-state index contributed by atoms with van der Waals surface area (Å²) >= 11 is 12.4. The van der Waals surface area contributed by atoms with E-state index in [2.05, 4.69) is 10.1 Å². The lowest BCUT2D eigenvalue weighted by Crippen LogP contribution is -2.37. The van der Waals surface area contributed by atoms with Crippen LogP contribution in [0.15, 0.2) is 30.3 Å². The molecule has 2 aromatic carbocycles. The third-order valence-corrected chi connectivity index (χ3v) is 4.20. The average Bonchev–Trinajstić information content (AvgIpc) is 2.52. The third kappa shape index (κ3) is 3.89. The van der Waals surface area contributed by atoms with E-state index in [4.69, 9.17) is 33.7 Å². The van der Waals surface area contributed by atoms with Crippen LogP contribution < -0.4 is 20.5 Å². The Kier molecular flexibility index (Phi) is 4.90. The number of alkyl halides is 3. The van der Waals surface area contributed by atoms with Crippen LogP contribution in [0, 0.1) is 0 Å². The van der Waals surface area contributed by atoms with Crippen LogP contribution in [0.4, 0.5) is 18.9 Å². The smallest absolute Gasteiger partial charge is 0.484 e. The average molecular weight is 393 g/mol. The normalized spacial score (nSPS) is 16.6. The second-order valence-electron chi connectivity index (χ2n) is 5.35. The summed E-state index contributed by atoms with van der Waals surface area (Å²) in [7, 11) is 0. The fourth-order valence-electron chi connectivity index (χ4n) is 2.56. The van der Waals surface area contributed by atoms with E-state index in [9.17, 15) is 13.2 Å². The molecule has 4 nitrogen and oxygen atoms in total. The SMILES string of the molecule is NC[C@@H]1CNc2cccc(-c3c(Cl)cc(OC(F)(F)F)cc3Cl)c2O1. The molecule has 0 unspecified atom stereocenters. The van der Waals surface area contributed by atoms with Crippen molar-refractivity contribution in [1.29, 1.82) is 0 Å². The number of nitrogens with one attached hydrogen (secondary N) is 1. The monoisotopic (exact) mass is 392 g/mol. The lowest BCUT2D eigenvalue weighted by atomic mass is 10.0. The number of ether oxygens (including phenoxy) is 2. The largest absolute Gasteiger partial charge is 0.573 e. The van der Waals surface area contributed by atoms with Crippen molar-refractivity contribution in [1.82, 2.24) is 0 Å². The van der Waals surface area contributed by atoms with Crippen molar-refractivity contribution in [2.75, 3.05) is 18.4 Å². The van der Waals surface area contributed by atoms with Crippen LogP contribution in [0.3, 0.4) is 0 Å². The van der Waals surface area contributed by atoms with Gasteiger partial charge in [0.05, 0.1) is 22.3 Å². The van der Waals surface area contributed by atoms with Crippen LogP contribution in [0.1, 0.15) is 0 Å². The quantitative estimate of drug-likeness (QED) is 0.795. The highest BCUT2D eigenvalue weighted by Gasteiger charge is 2.32. The van der Waals surface area contributed by atoms with E-state index in [0.29, 0.717) is 30.0 Å². The zero-order valence-corrected chi connectivity index (χ0v) is 14.2. The first-order valence-corrected chi connectivity index (χ1v) is 8.03. The molecular formula is C16H13Cl2F3N2O2. The number of para-hydroxylation sites is 1. The molecule has 1 heterocycles. The molecule has 2 aromatic rings. The van der Waals surface area contributed by atoms with Crippen molar-refractivity contribution in [3.8, 4) is 22.6 Å². The maximum atomic E-state index is 12.4. The molecule has 1 aliphatic rings. The number of halogens is 5. The van der Waals surface area contributed by atoms with Crippen molar-refractivity contribution in [2.24, 2.45) is 5.73 Å². The molecular weight excluding hydrogens is 380 g/mol. The number of nitrogens with two attached hydrogens (primary N) is 1. The topological polar surface area (TPSA) is 56.5 Å². The minimum absolute atomic E-state index is 0.0126. The summed E-state index contributed by atoms with van der Waals surface area (Å²) in [5.74, 6) is 0.00687. The van der Waals surface area contributed by atoms with Gasteiger partial charge in [-0.25, -0.2) is 0 Å². The number of fused-ring (bicyclic) bond motifs is 1. The Morgan fingerprint density at radius 3 is 2.52 bits per heavy atom. The summed E-state index contributed by atoms with van der Waals surface area (Å²) in [6, 6.07) is 7.42. The highest BCUT2D eigenvalue weighted by Crippen LogP contribution is 2.46. The lowest BCUT2D eigenvalue weighted by molar-refractivity contribution is -0.274. The molecule has 1 atom stereocenters. The highest BCUT2D eigenvalue weighted by atomic mass is 35.5. The molecule has 3 N–H and O–H groups in total. The molecule has 0 radical (unpaired) electrons. The van der Waals surface area contributed by atoms with Gasteiger partial charge in [-0.2, -0.15) is 0 Å². The molecule has 0 aromatic heterocycles. The van der Waals surface area contributed by atoms with Gasteiger partial charge in [0, 0.05) is 17.7 Å². The molecule has 0 spiro atoms. The van der Waals surface area contributed by atoms with E-state index in [0.717, 1.165) is 17.8 Å². The van der Waals surface area contributed by atoms with Gasteiger partial charge >= 0.3 is 6.36 Å². The maximum absolute atomic E-state index is 12.4. The number of rotatable bonds is 3. The Morgan fingerprint density at radius 2 is 1.92 bits per heavy atom. The highest BCUT2D eigenvalue weighted by molar-refractivity contribution is 6.39. The Labute approximate surface area is 151 Å². The van der Waals surface area contributed by atoms with Gasteiger partial charge in [0.1, 0.15) is 11.9 Å². The van der Waals surface area contributed by atoms with Crippen LogP contribution in [0.5, 0.6) is 11.5 Å². The molecule has 0 aliphatic carbocycles. The van der Waals surface area contributed by atoms with E-state index < -0.39 is 12.1 Å². The van der Waals surface area contributed by atoms with E-state index >= 15 is 0 Å². The standard InChI is InChI=1S/C16H13Cl2F3N2O2/c17-11-4-8(25-16(19,20)21)5-12(18)14(11)10-2-1-3-13-15(10)24-9(6-22)7-23-13/h1-5,9,23H,6-7,22H2/t9-/m1/s1. The Morgan fingerprint density at radius 1 is 1.24 bits per heavy atom. The van der Waals surface area contributed by atoms with Gasteiger partial charge in [0.15, 0.2) is 5.75 Å². The Bertz CT molecular complexity index is 776. The van der Waals surface area contributed by atoms with E-state index in [-0.39, 0.29) is 16.1 Å². The summed E-state index contributed by atoms with van der Waals surface area (Å²) < 4.78 is 46.9. The van der Waals surface area contributed by atoms with Gasteiger partial charge in [-0.1, -0.05) is 35.3 Å². The van der Waals surface area contributed by atoms with Crippen LogP contribution in [0.25, 0.3) is 11.1 Å². The molecule has 0 bridgehead atoms. The fourth-order valence-corrected chi connectivity index (χ4v) is 3.23. The summed E-state index contributed by atoms with van der Waals surface area (Å²) in [6.07, 6.45) is -5.07. The van der Waals surface area contributed by atoms with Gasteiger partial charge in [-0.3, -0.25) is 0 Å². The Hall–Kier alpha value is -1.83. The van der Waals surface area contributed by atoms with E-state index in [1.54, 1.807) is 12.1 Å². The van der Waals surface area contributed by atoms with Gasteiger partial charge in [-0.05, 0) is 18.2 Å². The number of anilines is 1. The first kappa shape index (κ1) is 18.0. The molecule has 0 fully saturated rings. The zero-order chi connectivity index (χ0) is 18.2. The summed E-state index contributed by atoms with van der Waals surface area (Å²) in [5, 5.41) is 3.22. The first-order valence-electron chi connectivity index (χ1n) is 7.27. The minimum atomic E-state index is -4.83. The van der Waals surface area contributed by atoms with Gasteiger partial charge in [0.2, 0.25) is 0 Å². The minimum Gasteiger partial charge on any atom is -0.484 e. The maximum Gasteiger partial charge on any atom is 0.573 e. The third-order valence-electron chi connectivity index (χ3n) is 3.60. The Balaban J connectivity index is 2.06. The van der Waals surface area contributed by atoms with Crippen molar-refractivity contribution in [3.05, 3.63) is 40.4 Å². The van der Waals surface area contributed by atoms with Crippen molar-refractivity contribution < 1.29 is 22.6 Å². The molecule has 9 heteroatoms. The number of benzene rings is 2. The van der Waals surface area contributed by atoms with E-state index in [1.807, 2.05) is 6.07 Å². The second kappa shape index (κ2) is 6.82. The predicted molar refractivity (Wildman–Crippen MR) is 90.5 cm³/mol. The van der Waals surface area contributed by atoms with Crippen molar-refractivity contribution >= 4 is 28.9 Å². The fraction of sp³-hybridized carbons (Fsp3) is 0.250. The summed E-state index contributed by atoms with van der Waals surface area (Å²) in [5.41, 5.74) is 7.28. The molecule has 1 aliphatic heterocycles. The van der Waals surface area contributed by atoms with Crippen molar-refractivity contribution in [2.45, 2.75) is 12.5 Å². The summed E-state index contributed by atoms with van der Waals surface area (Å²) in [4.78, 5) is 0. The van der Waals surface area contributed by atoms with Crippen LogP contribution in [0.2, 0.25) is 10.0 Å². The molecule has 0 saturated carbocycles. The molecule has 0 saturated heterocycles. The van der Waals surface area contributed by atoms with Crippen LogP contribution >= 0.6 is 23.2 Å². The molecule has 25 heavy (non-hydrogen) atoms. The summed E-state index contributed by atoms with van der Waals surface area (Å²) in [6.45, 7) is 0.855. The molecule has 134 valence electrons. The van der Waals surface area contributed by atoms with Gasteiger partial charge < -0.3 is 20.5 Å². The van der Waals surface area contributed by atoms with Gasteiger partial charge in [0.25, 0.3) is 0 Å². The number of hydrogen-bond acceptors (Lipinski definition) is 4. The number of hydrogen-bond donors (Lipinski definition) is 2. The lowest BCUT2D eigenvalue weighted by Gasteiger charge is -2.28. The van der Waals surface area contributed by atoms with Crippen LogP contribution in [-0.2, 0) is 0 Å². The van der Waals surface area contributed by atoms with E-state index in [1.165, 1.54) is 0 Å². The predicted octanol–water partition coefficient (Wildman–Crippen LogP) is 4.69. The van der Waals surface area contributed by atoms with Gasteiger partial charge in [-0.15, -0.1) is 13.2 Å².